The number of fused-ring (bicyclic) bond motifs is 1. The second-order valence-electron chi connectivity index (χ2n) is 4.98. The third kappa shape index (κ3) is 2.80. The number of carbonyl (C=O) groups is 1. The van der Waals surface area contributed by atoms with Crippen LogP contribution in [0.1, 0.15) is 5.76 Å². The minimum absolute atomic E-state index is 0.183. The summed E-state index contributed by atoms with van der Waals surface area (Å²) in [4.78, 5) is 11.8. The first kappa shape index (κ1) is 14.5. The maximum atomic E-state index is 11.5. The van der Waals surface area contributed by atoms with E-state index in [1.165, 1.54) is 0 Å². The molecular weight excluding hydrogens is 300 g/mol. The first-order valence-corrected chi connectivity index (χ1v) is 8.27. The number of hydrogen-bond donors (Lipinski definition) is 1. The standard InChI is InChI=1S/C17H14O4S/c1-22(20)13-7-5-11(6-8-13)14-9-12-3-2-4-15(12)21-16(14)10-17(18)19/h2-9H,10H2,1H3,(H,18,19). The Morgan fingerprint density at radius 2 is 1.86 bits per heavy atom. The number of benzene rings is 1. The fourth-order valence-electron chi connectivity index (χ4n) is 2.39. The van der Waals surface area contributed by atoms with E-state index >= 15 is 0 Å². The number of carboxylic acids is 1. The van der Waals surface area contributed by atoms with E-state index < -0.39 is 16.8 Å². The van der Waals surface area contributed by atoms with E-state index in [1.54, 1.807) is 18.4 Å². The summed E-state index contributed by atoms with van der Waals surface area (Å²) < 4.78 is 17.2. The number of hydrogen-bond acceptors (Lipinski definition) is 3. The van der Waals surface area contributed by atoms with E-state index in [0.29, 0.717) is 11.5 Å². The molecule has 22 heavy (non-hydrogen) atoms. The van der Waals surface area contributed by atoms with Gasteiger partial charge in [-0.05, 0) is 29.8 Å². The van der Waals surface area contributed by atoms with Gasteiger partial charge in [0.15, 0.2) is 0 Å². The predicted molar refractivity (Wildman–Crippen MR) is 84.4 cm³/mol. The van der Waals surface area contributed by atoms with Crippen LogP contribution in [-0.4, -0.2) is 21.5 Å². The van der Waals surface area contributed by atoms with Crippen molar-refractivity contribution < 1.29 is 18.5 Å². The molecule has 3 rings (SSSR count). The first-order chi connectivity index (χ1) is 10.5. The molecule has 0 radical (unpaired) electrons. The van der Waals surface area contributed by atoms with Crippen molar-refractivity contribution in [2.45, 2.75) is 11.3 Å². The van der Waals surface area contributed by atoms with Gasteiger partial charge in [0.25, 0.3) is 0 Å². The molecule has 2 aliphatic rings. The van der Waals surface area contributed by atoms with E-state index in [-0.39, 0.29) is 6.42 Å². The lowest BCUT2D eigenvalue weighted by Gasteiger charge is -2.11. The van der Waals surface area contributed by atoms with E-state index in [9.17, 15) is 9.00 Å². The third-order valence-corrected chi connectivity index (χ3v) is 4.39. The van der Waals surface area contributed by atoms with Gasteiger partial charge in [0, 0.05) is 33.1 Å². The predicted octanol–water partition coefficient (Wildman–Crippen LogP) is 3.42. The number of aliphatic carboxylic acids is 1. The van der Waals surface area contributed by atoms with Crippen LogP contribution in [0, 0.1) is 0 Å². The Bertz CT molecular complexity index is 817. The summed E-state index contributed by atoms with van der Waals surface area (Å²) in [5, 5.41) is 9.08. The Labute approximate surface area is 130 Å². The highest BCUT2D eigenvalue weighted by Crippen LogP contribution is 2.33. The van der Waals surface area contributed by atoms with Crippen molar-refractivity contribution >= 4 is 16.8 Å². The van der Waals surface area contributed by atoms with Gasteiger partial charge in [0.2, 0.25) is 0 Å². The lowest BCUT2D eigenvalue weighted by Crippen LogP contribution is -2.02. The molecule has 1 atom stereocenters. The molecule has 1 aliphatic heterocycles. The molecule has 0 aromatic heterocycles. The summed E-state index contributed by atoms with van der Waals surface area (Å²) in [5.41, 5.74) is 2.51. The summed E-state index contributed by atoms with van der Waals surface area (Å²) in [7, 11) is -1.04. The Morgan fingerprint density at radius 3 is 2.50 bits per heavy atom. The Morgan fingerprint density at radius 1 is 1.14 bits per heavy atom. The van der Waals surface area contributed by atoms with Crippen LogP contribution in [-0.2, 0) is 22.0 Å². The van der Waals surface area contributed by atoms with Crippen LogP contribution in [0.25, 0.3) is 22.5 Å². The maximum Gasteiger partial charge on any atom is 0.311 e. The molecule has 1 aliphatic carbocycles. The molecule has 1 aromatic rings. The van der Waals surface area contributed by atoms with Gasteiger partial charge >= 0.3 is 5.97 Å². The second kappa shape index (κ2) is 5.77. The van der Waals surface area contributed by atoms with Crippen molar-refractivity contribution in [1.29, 1.82) is 0 Å². The van der Waals surface area contributed by atoms with Crippen molar-refractivity contribution in [3.05, 3.63) is 54.3 Å². The molecule has 0 fully saturated rings. The Kier molecular flexibility index (Phi) is 3.81. The zero-order valence-electron chi connectivity index (χ0n) is 11.9. The first-order valence-electron chi connectivity index (χ1n) is 6.71. The zero-order valence-corrected chi connectivity index (χ0v) is 12.7. The number of carboxylic acid groups (broad SMARTS) is 1. The molecule has 112 valence electrons. The highest BCUT2D eigenvalue weighted by Gasteiger charge is 2.16. The Hall–Kier alpha value is -2.40. The van der Waals surface area contributed by atoms with Gasteiger partial charge < -0.3 is 9.52 Å². The zero-order chi connectivity index (χ0) is 15.7. The lowest BCUT2D eigenvalue weighted by atomic mass is 10.0. The molecule has 1 aromatic carbocycles. The van der Waals surface area contributed by atoms with Gasteiger partial charge in [-0.3, -0.25) is 9.00 Å². The molecule has 4 nitrogen and oxygen atoms in total. The minimum Gasteiger partial charge on any atom is -0.481 e. The quantitative estimate of drug-likeness (QED) is 0.801. The highest BCUT2D eigenvalue weighted by molar-refractivity contribution is 7.84. The van der Waals surface area contributed by atoms with Crippen LogP contribution in [0.15, 0.2) is 57.8 Å². The monoisotopic (exact) mass is 314 g/mol. The minimum atomic E-state index is -1.04. The van der Waals surface area contributed by atoms with Crippen LogP contribution < -0.4 is 0 Å². The van der Waals surface area contributed by atoms with Crippen molar-refractivity contribution in [2.24, 2.45) is 0 Å². The van der Waals surface area contributed by atoms with Gasteiger partial charge in [0.05, 0.1) is 0 Å². The number of rotatable bonds is 4. The molecule has 0 bridgehead atoms. The van der Waals surface area contributed by atoms with Crippen LogP contribution in [0.5, 0.6) is 0 Å². The summed E-state index contributed by atoms with van der Waals surface area (Å²) in [5.74, 6) is 0.144. The second-order valence-corrected chi connectivity index (χ2v) is 6.36. The molecule has 0 amide bonds. The van der Waals surface area contributed by atoms with Crippen LogP contribution >= 0.6 is 0 Å². The molecule has 5 heteroatoms. The molecule has 1 unspecified atom stereocenters. The van der Waals surface area contributed by atoms with E-state index in [1.807, 2.05) is 36.4 Å². The lowest BCUT2D eigenvalue weighted by molar-refractivity contribution is -0.136. The summed E-state index contributed by atoms with van der Waals surface area (Å²) >= 11 is 0. The molecule has 1 N–H and O–H groups in total. The average Bonchev–Trinajstić information content (AvgIpc) is 2.93. The van der Waals surface area contributed by atoms with Gasteiger partial charge in [-0.25, -0.2) is 0 Å². The molecular formula is C17H14O4S. The normalized spacial score (nSPS) is 12.4. The highest BCUT2D eigenvalue weighted by atomic mass is 32.2. The average molecular weight is 314 g/mol. The fourth-order valence-corrected chi connectivity index (χ4v) is 2.91. The third-order valence-electron chi connectivity index (χ3n) is 3.45. The van der Waals surface area contributed by atoms with Crippen molar-refractivity contribution in [2.75, 3.05) is 6.26 Å². The largest absolute Gasteiger partial charge is 0.481 e. The SMILES string of the molecule is CS(=O)c1ccc(-c2cc3cccc-3oc2CC(=O)O)cc1. The van der Waals surface area contributed by atoms with Crippen molar-refractivity contribution in [3.63, 3.8) is 0 Å². The smallest absolute Gasteiger partial charge is 0.311 e. The van der Waals surface area contributed by atoms with Crippen molar-refractivity contribution in [1.82, 2.24) is 0 Å². The summed E-state index contributed by atoms with van der Waals surface area (Å²) in [6, 6.07) is 14.8. The van der Waals surface area contributed by atoms with Crippen LogP contribution in [0.3, 0.4) is 0 Å². The van der Waals surface area contributed by atoms with E-state index in [0.717, 1.165) is 21.6 Å². The molecule has 0 saturated heterocycles. The maximum absolute atomic E-state index is 11.5. The van der Waals surface area contributed by atoms with Gasteiger partial charge in [-0.15, -0.1) is 0 Å². The van der Waals surface area contributed by atoms with Crippen LogP contribution in [0.4, 0.5) is 0 Å². The van der Waals surface area contributed by atoms with Gasteiger partial charge in [-0.1, -0.05) is 24.3 Å². The fraction of sp³-hybridized carbons (Fsp3) is 0.118. The van der Waals surface area contributed by atoms with Gasteiger partial charge in [-0.2, -0.15) is 0 Å². The summed E-state index contributed by atoms with van der Waals surface area (Å²) in [6.45, 7) is 0. The van der Waals surface area contributed by atoms with Gasteiger partial charge in [0.1, 0.15) is 17.9 Å². The topological polar surface area (TPSA) is 67.5 Å². The summed E-state index contributed by atoms with van der Waals surface area (Å²) in [6.07, 6.45) is 1.44. The van der Waals surface area contributed by atoms with Crippen molar-refractivity contribution in [3.8, 4) is 22.5 Å². The Balaban J connectivity index is 2.13. The van der Waals surface area contributed by atoms with E-state index in [2.05, 4.69) is 0 Å². The molecule has 1 heterocycles. The van der Waals surface area contributed by atoms with Crippen LogP contribution in [0.2, 0.25) is 0 Å². The molecule has 0 spiro atoms. The van der Waals surface area contributed by atoms with E-state index in [4.69, 9.17) is 9.52 Å². The molecule has 0 saturated carbocycles.